The molecule has 2 N–H and O–H groups in total. The molecule has 0 atom stereocenters. The number of rotatable bonds is 1. The average Bonchev–Trinajstić information content (AvgIpc) is 2.74. The predicted octanol–water partition coefficient (Wildman–Crippen LogP) is 2.13. The first-order valence-corrected chi connectivity index (χ1v) is 6.15. The van der Waals surface area contributed by atoms with Gasteiger partial charge in [0, 0.05) is 36.1 Å². The van der Waals surface area contributed by atoms with Gasteiger partial charge in [0.1, 0.15) is 4.60 Å². The summed E-state index contributed by atoms with van der Waals surface area (Å²) in [5, 5.41) is 2.83. The summed E-state index contributed by atoms with van der Waals surface area (Å²) in [5.41, 5.74) is 3.74. The summed E-state index contributed by atoms with van der Waals surface area (Å²) < 4.78 is 0.784. The highest BCUT2D eigenvalue weighted by molar-refractivity contribution is 9.10. The minimum atomic E-state index is 0.00173. The van der Waals surface area contributed by atoms with Crippen LogP contribution in [-0.4, -0.2) is 22.4 Å². The van der Waals surface area contributed by atoms with E-state index in [1.165, 1.54) is 0 Å². The summed E-state index contributed by atoms with van der Waals surface area (Å²) in [6, 6.07) is 5.74. The third-order valence-corrected chi connectivity index (χ3v) is 3.28. The molecule has 0 bridgehead atoms. The summed E-state index contributed by atoms with van der Waals surface area (Å²) in [6.07, 6.45) is 2.59. The molecule has 0 radical (unpaired) electrons. The second-order valence-electron chi connectivity index (χ2n) is 3.95. The highest BCUT2D eigenvalue weighted by atomic mass is 79.9. The summed E-state index contributed by atoms with van der Waals surface area (Å²) in [5.74, 6) is 0.00173. The molecule has 4 nitrogen and oxygen atoms in total. The maximum Gasteiger partial charge on any atom is 0.253 e. The molecule has 1 aliphatic heterocycles. The SMILES string of the molecule is O=C1NCCc2[nH]c(-c3ccnc(Br)c3)cc21. The number of H-pyrrole nitrogens is 1. The third-order valence-electron chi connectivity index (χ3n) is 2.84. The molecule has 0 aromatic carbocycles. The van der Waals surface area contributed by atoms with Crippen LogP contribution in [0.15, 0.2) is 29.0 Å². The monoisotopic (exact) mass is 291 g/mol. The highest BCUT2D eigenvalue weighted by Gasteiger charge is 2.19. The lowest BCUT2D eigenvalue weighted by Gasteiger charge is -2.10. The lowest BCUT2D eigenvalue weighted by molar-refractivity contribution is 0.0946. The van der Waals surface area contributed by atoms with E-state index in [0.29, 0.717) is 6.54 Å². The van der Waals surface area contributed by atoms with Crippen LogP contribution in [0.5, 0.6) is 0 Å². The van der Waals surface area contributed by atoms with Crippen LogP contribution in [0.4, 0.5) is 0 Å². The van der Waals surface area contributed by atoms with Crippen molar-refractivity contribution in [1.82, 2.24) is 15.3 Å². The molecule has 0 aliphatic carbocycles. The second kappa shape index (κ2) is 4.00. The number of aromatic amines is 1. The Morgan fingerprint density at radius 3 is 3.00 bits per heavy atom. The molecule has 1 amide bonds. The Morgan fingerprint density at radius 1 is 1.35 bits per heavy atom. The van der Waals surface area contributed by atoms with E-state index in [-0.39, 0.29) is 5.91 Å². The number of hydrogen-bond donors (Lipinski definition) is 2. The number of nitrogens with one attached hydrogen (secondary N) is 2. The molecule has 3 heterocycles. The lowest BCUT2D eigenvalue weighted by atomic mass is 10.1. The highest BCUT2D eigenvalue weighted by Crippen LogP contribution is 2.25. The van der Waals surface area contributed by atoms with Crippen molar-refractivity contribution in [3.05, 3.63) is 40.3 Å². The lowest BCUT2D eigenvalue weighted by Crippen LogP contribution is -2.31. The number of halogens is 1. The molecule has 17 heavy (non-hydrogen) atoms. The zero-order valence-electron chi connectivity index (χ0n) is 8.96. The number of carbonyl (C=O) groups excluding carboxylic acids is 1. The van der Waals surface area contributed by atoms with Crippen LogP contribution >= 0.6 is 15.9 Å². The van der Waals surface area contributed by atoms with E-state index in [1.54, 1.807) is 6.20 Å². The van der Waals surface area contributed by atoms with E-state index in [9.17, 15) is 4.79 Å². The largest absolute Gasteiger partial charge is 0.358 e. The van der Waals surface area contributed by atoms with Gasteiger partial charge >= 0.3 is 0 Å². The number of nitrogens with zero attached hydrogens (tertiary/aromatic N) is 1. The molecule has 0 fully saturated rings. The summed E-state index contributed by atoms with van der Waals surface area (Å²) in [6.45, 7) is 0.700. The Labute approximate surface area is 107 Å². The molecule has 0 saturated carbocycles. The Balaban J connectivity index is 2.08. The molecule has 1 aliphatic rings. The van der Waals surface area contributed by atoms with Crippen LogP contribution in [0.3, 0.4) is 0 Å². The maximum absolute atomic E-state index is 11.6. The third kappa shape index (κ3) is 1.86. The quantitative estimate of drug-likeness (QED) is 0.791. The van der Waals surface area contributed by atoms with Crippen molar-refractivity contribution < 1.29 is 4.79 Å². The van der Waals surface area contributed by atoms with Crippen LogP contribution in [0, 0.1) is 0 Å². The summed E-state index contributed by atoms with van der Waals surface area (Å²) in [7, 11) is 0. The van der Waals surface area contributed by atoms with Gasteiger partial charge in [0.2, 0.25) is 0 Å². The summed E-state index contributed by atoms with van der Waals surface area (Å²) in [4.78, 5) is 19.0. The van der Waals surface area contributed by atoms with Crippen LogP contribution < -0.4 is 5.32 Å². The number of carbonyl (C=O) groups is 1. The van der Waals surface area contributed by atoms with Crippen molar-refractivity contribution in [2.45, 2.75) is 6.42 Å². The van der Waals surface area contributed by atoms with Crippen LogP contribution in [0.2, 0.25) is 0 Å². The van der Waals surface area contributed by atoms with E-state index in [2.05, 4.69) is 31.2 Å². The van der Waals surface area contributed by atoms with Crippen molar-refractivity contribution in [3.63, 3.8) is 0 Å². The minimum Gasteiger partial charge on any atom is -0.358 e. The van der Waals surface area contributed by atoms with E-state index < -0.39 is 0 Å². The van der Waals surface area contributed by atoms with Crippen molar-refractivity contribution in [1.29, 1.82) is 0 Å². The van der Waals surface area contributed by atoms with Gasteiger partial charge in [0.05, 0.1) is 5.56 Å². The Hall–Kier alpha value is -1.62. The van der Waals surface area contributed by atoms with Gasteiger partial charge in [-0.2, -0.15) is 0 Å². The molecule has 3 rings (SSSR count). The van der Waals surface area contributed by atoms with Crippen LogP contribution in [0.1, 0.15) is 16.1 Å². The van der Waals surface area contributed by atoms with Gasteiger partial charge in [-0.05, 0) is 34.1 Å². The van der Waals surface area contributed by atoms with Crippen molar-refractivity contribution in [2.75, 3.05) is 6.54 Å². The van der Waals surface area contributed by atoms with Gasteiger partial charge in [-0.25, -0.2) is 4.98 Å². The Morgan fingerprint density at radius 2 is 2.24 bits per heavy atom. The molecule has 5 heteroatoms. The predicted molar refractivity (Wildman–Crippen MR) is 67.8 cm³/mol. The summed E-state index contributed by atoms with van der Waals surface area (Å²) >= 11 is 3.34. The van der Waals surface area contributed by atoms with E-state index in [0.717, 1.165) is 33.5 Å². The van der Waals surface area contributed by atoms with E-state index in [4.69, 9.17) is 0 Å². The number of aromatic nitrogens is 2. The van der Waals surface area contributed by atoms with Gasteiger partial charge in [-0.1, -0.05) is 0 Å². The Kier molecular flexibility index (Phi) is 2.48. The van der Waals surface area contributed by atoms with Gasteiger partial charge in [0.25, 0.3) is 5.91 Å². The number of amides is 1. The van der Waals surface area contributed by atoms with Crippen LogP contribution in [0.25, 0.3) is 11.3 Å². The van der Waals surface area contributed by atoms with Gasteiger partial charge in [-0.3, -0.25) is 4.79 Å². The van der Waals surface area contributed by atoms with Crippen molar-refractivity contribution in [2.24, 2.45) is 0 Å². The van der Waals surface area contributed by atoms with E-state index >= 15 is 0 Å². The first kappa shape index (κ1) is 10.5. The zero-order valence-corrected chi connectivity index (χ0v) is 10.5. The first-order chi connectivity index (χ1) is 8.24. The maximum atomic E-state index is 11.6. The fourth-order valence-electron chi connectivity index (χ4n) is 2.02. The standard InChI is InChI=1S/C12H10BrN3O/c13-11-5-7(1-3-14-11)10-6-8-9(16-10)2-4-15-12(8)17/h1,3,5-6,16H,2,4H2,(H,15,17). The fraction of sp³-hybridized carbons (Fsp3) is 0.167. The molecule has 0 unspecified atom stereocenters. The Bertz CT molecular complexity index is 591. The van der Waals surface area contributed by atoms with Gasteiger partial charge < -0.3 is 10.3 Å². The molecular formula is C12H10BrN3O. The molecular weight excluding hydrogens is 282 g/mol. The van der Waals surface area contributed by atoms with Crippen LogP contribution in [-0.2, 0) is 6.42 Å². The fourth-order valence-corrected chi connectivity index (χ4v) is 2.38. The zero-order chi connectivity index (χ0) is 11.8. The molecule has 0 saturated heterocycles. The van der Waals surface area contributed by atoms with Crippen molar-refractivity contribution >= 4 is 21.8 Å². The molecule has 2 aromatic heterocycles. The molecule has 86 valence electrons. The first-order valence-electron chi connectivity index (χ1n) is 5.36. The van der Waals surface area contributed by atoms with Gasteiger partial charge in [0.15, 0.2) is 0 Å². The normalized spacial score (nSPS) is 14.3. The smallest absolute Gasteiger partial charge is 0.253 e. The molecule has 0 spiro atoms. The minimum absolute atomic E-state index is 0.00173. The number of hydrogen-bond acceptors (Lipinski definition) is 2. The second-order valence-corrected chi connectivity index (χ2v) is 4.76. The average molecular weight is 292 g/mol. The molecule has 2 aromatic rings. The van der Waals surface area contributed by atoms with Crippen molar-refractivity contribution in [3.8, 4) is 11.3 Å². The number of pyridine rings is 1. The topological polar surface area (TPSA) is 57.8 Å². The van der Waals surface area contributed by atoms with Gasteiger partial charge in [-0.15, -0.1) is 0 Å². The number of fused-ring (bicyclic) bond motifs is 1. The van der Waals surface area contributed by atoms with E-state index in [1.807, 2.05) is 18.2 Å².